The fourth-order valence-electron chi connectivity index (χ4n) is 2.23. The molecule has 0 aromatic heterocycles. The van der Waals surface area contributed by atoms with Crippen LogP contribution in [0.25, 0.3) is 0 Å². The first kappa shape index (κ1) is 21.7. The molecule has 1 fully saturated rings. The van der Waals surface area contributed by atoms with Crippen LogP contribution in [0.4, 0.5) is 0 Å². The molecular formula is C19H31IN4O. The minimum atomic E-state index is 0. The van der Waals surface area contributed by atoms with Crippen molar-refractivity contribution in [1.29, 1.82) is 0 Å². The fourth-order valence-corrected chi connectivity index (χ4v) is 2.23. The Morgan fingerprint density at radius 3 is 2.52 bits per heavy atom. The van der Waals surface area contributed by atoms with Gasteiger partial charge in [0.25, 0.3) is 0 Å². The number of carbonyl (C=O) groups is 1. The molecule has 0 unspecified atom stereocenters. The summed E-state index contributed by atoms with van der Waals surface area (Å²) in [5.41, 5.74) is 2.41. The van der Waals surface area contributed by atoms with Crippen molar-refractivity contribution in [2.24, 2.45) is 10.9 Å². The van der Waals surface area contributed by atoms with Crippen LogP contribution in [0.3, 0.4) is 0 Å². The molecule has 140 valence electrons. The van der Waals surface area contributed by atoms with Gasteiger partial charge in [-0.25, -0.2) is 4.99 Å². The molecule has 0 atom stereocenters. The van der Waals surface area contributed by atoms with Crippen LogP contribution in [0.2, 0.25) is 0 Å². The van der Waals surface area contributed by atoms with Crippen LogP contribution in [0.1, 0.15) is 43.7 Å². The Morgan fingerprint density at radius 2 is 1.88 bits per heavy atom. The number of hydrogen-bond acceptors (Lipinski definition) is 2. The summed E-state index contributed by atoms with van der Waals surface area (Å²) in [7, 11) is 0. The van der Waals surface area contributed by atoms with Gasteiger partial charge in [0.2, 0.25) is 5.91 Å². The van der Waals surface area contributed by atoms with Gasteiger partial charge >= 0.3 is 0 Å². The Kier molecular flexibility index (Phi) is 10.5. The summed E-state index contributed by atoms with van der Waals surface area (Å²) < 4.78 is 0. The Bertz CT molecular complexity index is 541. The number of guanidine groups is 1. The number of hydrogen-bond donors (Lipinski definition) is 3. The van der Waals surface area contributed by atoms with Gasteiger partial charge in [-0.2, -0.15) is 0 Å². The average molecular weight is 458 g/mol. The molecule has 1 amide bonds. The number of aryl methyl sites for hydroxylation is 1. The lowest BCUT2D eigenvalue weighted by Gasteiger charge is -2.12. The van der Waals surface area contributed by atoms with Crippen LogP contribution in [0, 0.1) is 12.8 Å². The zero-order valence-corrected chi connectivity index (χ0v) is 17.6. The first-order valence-corrected chi connectivity index (χ1v) is 9.01. The van der Waals surface area contributed by atoms with E-state index in [1.807, 2.05) is 0 Å². The molecule has 3 N–H and O–H groups in total. The van der Waals surface area contributed by atoms with Gasteiger partial charge in [0.1, 0.15) is 0 Å². The van der Waals surface area contributed by atoms with Crippen molar-refractivity contribution in [2.75, 3.05) is 19.6 Å². The van der Waals surface area contributed by atoms with E-state index in [0.29, 0.717) is 18.4 Å². The van der Waals surface area contributed by atoms with Crippen LogP contribution < -0.4 is 16.0 Å². The maximum atomic E-state index is 11.9. The van der Waals surface area contributed by atoms with E-state index in [1.165, 1.54) is 18.4 Å². The van der Waals surface area contributed by atoms with Gasteiger partial charge in [-0.3, -0.25) is 4.79 Å². The Hall–Kier alpha value is -1.31. The molecule has 5 nitrogen and oxygen atoms in total. The van der Waals surface area contributed by atoms with Crippen molar-refractivity contribution in [2.45, 2.75) is 46.1 Å². The summed E-state index contributed by atoms with van der Waals surface area (Å²) in [5.74, 6) is 1.43. The number of aliphatic imine (C=N–C) groups is 1. The number of unbranched alkanes of at least 4 members (excludes halogenated alkanes) is 1. The maximum absolute atomic E-state index is 11.9. The molecule has 1 saturated carbocycles. The third kappa shape index (κ3) is 9.67. The number of nitrogens with zero attached hydrogens (tertiary/aromatic N) is 1. The Labute approximate surface area is 168 Å². The van der Waals surface area contributed by atoms with Crippen molar-refractivity contribution in [3.05, 3.63) is 35.4 Å². The minimum Gasteiger partial charge on any atom is -0.356 e. The lowest BCUT2D eigenvalue weighted by molar-refractivity contribution is -0.120. The van der Waals surface area contributed by atoms with Gasteiger partial charge < -0.3 is 16.0 Å². The molecule has 1 aromatic carbocycles. The minimum absolute atomic E-state index is 0. The summed E-state index contributed by atoms with van der Waals surface area (Å²) >= 11 is 0. The van der Waals surface area contributed by atoms with Crippen molar-refractivity contribution < 1.29 is 4.79 Å². The number of nitrogens with one attached hydrogen (secondary N) is 3. The highest BCUT2D eigenvalue weighted by molar-refractivity contribution is 14.0. The lowest BCUT2D eigenvalue weighted by Crippen LogP contribution is -2.43. The van der Waals surface area contributed by atoms with Crippen molar-refractivity contribution in [3.63, 3.8) is 0 Å². The number of amides is 1. The monoisotopic (exact) mass is 458 g/mol. The SMILES string of the molecule is CCCCNC(=NCc1ccc(C)cc1)NCC(=O)NCC1CC1.I. The number of halogens is 1. The van der Waals surface area contributed by atoms with Crippen LogP contribution in [-0.4, -0.2) is 31.5 Å². The average Bonchev–Trinajstić information content (AvgIpc) is 3.41. The molecule has 1 aromatic rings. The predicted molar refractivity (Wildman–Crippen MR) is 114 cm³/mol. The number of benzene rings is 1. The van der Waals surface area contributed by atoms with Crippen LogP contribution in [-0.2, 0) is 11.3 Å². The van der Waals surface area contributed by atoms with E-state index < -0.39 is 0 Å². The molecule has 0 saturated heterocycles. The first-order valence-electron chi connectivity index (χ1n) is 9.01. The van der Waals surface area contributed by atoms with E-state index in [0.717, 1.165) is 31.5 Å². The fraction of sp³-hybridized carbons (Fsp3) is 0.579. The molecule has 0 bridgehead atoms. The highest BCUT2D eigenvalue weighted by Gasteiger charge is 2.21. The van der Waals surface area contributed by atoms with Gasteiger partial charge in [0.15, 0.2) is 5.96 Å². The highest BCUT2D eigenvalue weighted by atomic mass is 127. The highest BCUT2D eigenvalue weighted by Crippen LogP contribution is 2.27. The first-order chi connectivity index (χ1) is 11.7. The van der Waals surface area contributed by atoms with E-state index in [9.17, 15) is 4.79 Å². The standard InChI is InChI=1S/C19H30N4O.HI/c1-3-4-11-20-19(22-13-16-7-5-15(2)6-8-16)23-14-18(24)21-12-17-9-10-17;/h5-8,17H,3-4,9-14H2,1-2H3,(H,21,24)(H2,20,22,23);1H. The molecule has 6 heteroatoms. The molecule has 0 aliphatic heterocycles. The second-order valence-electron chi connectivity index (χ2n) is 6.53. The largest absolute Gasteiger partial charge is 0.356 e. The summed E-state index contributed by atoms with van der Waals surface area (Å²) in [6.45, 7) is 6.76. The summed E-state index contributed by atoms with van der Waals surface area (Å²) in [6.07, 6.45) is 4.70. The molecule has 0 spiro atoms. The Balaban J connectivity index is 0.00000312. The zero-order valence-electron chi connectivity index (χ0n) is 15.3. The third-order valence-electron chi connectivity index (χ3n) is 4.06. The topological polar surface area (TPSA) is 65.5 Å². The second kappa shape index (κ2) is 12.1. The van der Waals surface area contributed by atoms with E-state index in [-0.39, 0.29) is 36.4 Å². The van der Waals surface area contributed by atoms with E-state index in [1.54, 1.807) is 0 Å². The Morgan fingerprint density at radius 1 is 1.16 bits per heavy atom. The van der Waals surface area contributed by atoms with Crippen molar-refractivity contribution in [3.8, 4) is 0 Å². The quantitative estimate of drug-likeness (QED) is 0.231. The smallest absolute Gasteiger partial charge is 0.239 e. The van der Waals surface area contributed by atoms with Crippen LogP contribution >= 0.6 is 24.0 Å². The summed E-state index contributed by atoms with van der Waals surface area (Å²) in [4.78, 5) is 16.5. The molecule has 0 radical (unpaired) electrons. The molecule has 2 rings (SSSR count). The van der Waals surface area contributed by atoms with Gasteiger partial charge in [-0.15, -0.1) is 24.0 Å². The molecule has 25 heavy (non-hydrogen) atoms. The normalized spacial score (nSPS) is 13.8. The molecule has 0 heterocycles. The molecule has 1 aliphatic carbocycles. The van der Waals surface area contributed by atoms with E-state index >= 15 is 0 Å². The van der Waals surface area contributed by atoms with Crippen molar-refractivity contribution in [1.82, 2.24) is 16.0 Å². The van der Waals surface area contributed by atoms with Crippen molar-refractivity contribution >= 4 is 35.8 Å². The number of rotatable bonds is 9. The van der Waals surface area contributed by atoms with Gasteiger partial charge in [0, 0.05) is 13.1 Å². The molecule has 1 aliphatic rings. The summed E-state index contributed by atoms with van der Waals surface area (Å²) in [5, 5.41) is 9.39. The van der Waals surface area contributed by atoms with Gasteiger partial charge in [-0.05, 0) is 37.7 Å². The third-order valence-corrected chi connectivity index (χ3v) is 4.06. The van der Waals surface area contributed by atoms with Crippen LogP contribution in [0.5, 0.6) is 0 Å². The molecular weight excluding hydrogens is 427 g/mol. The second-order valence-corrected chi connectivity index (χ2v) is 6.53. The van der Waals surface area contributed by atoms with E-state index in [2.05, 4.69) is 59.1 Å². The van der Waals surface area contributed by atoms with Gasteiger partial charge in [0.05, 0.1) is 13.1 Å². The zero-order chi connectivity index (χ0) is 17.2. The van der Waals surface area contributed by atoms with Crippen LogP contribution in [0.15, 0.2) is 29.3 Å². The van der Waals surface area contributed by atoms with E-state index in [4.69, 9.17) is 0 Å². The predicted octanol–water partition coefficient (Wildman–Crippen LogP) is 2.97. The lowest BCUT2D eigenvalue weighted by atomic mass is 10.1. The maximum Gasteiger partial charge on any atom is 0.239 e. The number of carbonyl (C=O) groups excluding carboxylic acids is 1. The van der Waals surface area contributed by atoms with Gasteiger partial charge in [-0.1, -0.05) is 43.2 Å². The summed E-state index contributed by atoms with van der Waals surface area (Å²) in [6, 6.07) is 8.36.